The zero-order valence-corrected chi connectivity index (χ0v) is 25.2. The molecule has 4 heteroatoms. The topological polar surface area (TPSA) is 43.1 Å². The Hall–Kier alpha value is -0.610. The number of hydrogen-bond donors (Lipinski definition) is 1. The minimum absolute atomic E-state index is 0. The molecule has 0 unspecified atom stereocenters. The summed E-state index contributed by atoms with van der Waals surface area (Å²) in [4.78, 5) is 10.6. The standard InChI is InChI=1S/C22H43NO.C8H18N.BrH/c1-2-3-4-5-6-7-8-9-10-11-12-13-14-15-16-17-18-19-20-21-22(23)24;1-5-7-9(3,4)8-6-2;/h9-10H,2-8,11-21H2,1H3,(H2,23,24);5H,1,6-8H2,2-4H3;1H/q;+1;/p-1/b10-9-;;. The Labute approximate surface area is 225 Å². The Balaban J connectivity index is -0.000000812. The number of nitrogens with two attached hydrogens (primary N) is 1. The Morgan fingerprint density at radius 1 is 0.706 bits per heavy atom. The van der Waals surface area contributed by atoms with Gasteiger partial charge in [-0.05, 0) is 44.6 Å². The molecular formula is C30H61BrN2O. The van der Waals surface area contributed by atoms with Crippen LogP contribution in [0.25, 0.3) is 0 Å². The summed E-state index contributed by atoms with van der Waals surface area (Å²) >= 11 is 0. The van der Waals surface area contributed by atoms with E-state index < -0.39 is 0 Å². The molecule has 0 spiro atoms. The summed E-state index contributed by atoms with van der Waals surface area (Å²) in [7, 11) is 4.45. The third-order valence-electron chi connectivity index (χ3n) is 6.14. The van der Waals surface area contributed by atoms with Crippen molar-refractivity contribution in [2.75, 3.05) is 27.2 Å². The molecule has 0 fully saturated rings. The summed E-state index contributed by atoms with van der Waals surface area (Å²) in [6, 6.07) is 0. The van der Waals surface area contributed by atoms with Crippen molar-refractivity contribution in [2.45, 2.75) is 136 Å². The van der Waals surface area contributed by atoms with Crippen LogP contribution in [0.3, 0.4) is 0 Å². The summed E-state index contributed by atoms with van der Waals surface area (Å²) in [6.45, 7) is 10.5. The normalized spacial score (nSPS) is 11.1. The second kappa shape index (κ2) is 30.4. The molecule has 0 saturated carbocycles. The highest BCUT2D eigenvalue weighted by Gasteiger charge is 2.08. The first-order chi connectivity index (χ1) is 15.9. The summed E-state index contributed by atoms with van der Waals surface area (Å²) in [6.07, 6.45) is 31.1. The SMILES string of the molecule is C=CC[N+](C)(C)CCC.CCCCCCCC/C=C\CCCCCCCCCCCC(N)=O.[Br-]. The van der Waals surface area contributed by atoms with Crippen LogP contribution in [0.4, 0.5) is 0 Å². The molecule has 0 saturated heterocycles. The molecule has 34 heavy (non-hydrogen) atoms. The van der Waals surface area contributed by atoms with E-state index in [-0.39, 0.29) is 22.9 Å². The quantitative estimate of drug-likeness (QED) is 0.0995. The molecule has 3 nitrogen and oxygen atoms in total. The van der Waals surface area contributed by atoms with Crippen molar-refractivity contribution >= 4 is 5.91 Å². The van der Waals surface area contributed by atoms with Crippen molar-refractivity contribution < 1.29 is 26.3 Å². The van der Waals surface area contributed by atoms with Crippen molar-refractivity contribution in [1.29, 1.82) is 0 Å². The first-order valence-corrected chi connectivity index (χ1v) is 14.3. The summed E-state index contributed by atoms with van der Waals surface area (Å²) in [5.41, 5.74) is 5.13. The predicted octanol–water partition coefficient (Wildman–Crippen LogP) is 5.73. The molecule has 0 bridgehead atoms. The van der Waals surface area contributed by atoms with Crippen molar-refractivity contribution in [3.63, 3.8) is 0 Å². The Kier molecular flexibility index (Phi) is 33.9. The molecule has 0 aliphatic rings. The van der Waals surface area contributed by atoms with Crippen LogP contribution in [0.15, 0.2) is 24.8 Å². The van der Waals surface area contributed by atoms with Crippen LogP contribution in [-0.2, 0) is 4.79 Å². The lowest BCUT2D eigenvalue weighted by atomic mass is 10.1. The van der Waals surface area contributed by atoms with Crippen LogP contribution >= 0.6 is 0 Å². The van der Waals surface area contributed by atoms with Crippen molar-refractivity contribution in [3.05, 3.63) is 24.8 Å². The number of carbonyl (C=O) groups excluding carboxylic acids is 1. The number of rotatable bonds is 23. The summed E-state index contributed by atoms with van der Waals surface area (Å²) in [5.74, 6) is -0.156. The highest BCUT2D eigenvalue weighted by Crippen LogP contribution is 2.12. The first kappa shape index (κ1) is 37.9. The number of halogens is 1. The number of carbonyl (C=O) groups is 1. The van der Waals surface area contributed by atoms with Crippen molar-refractivity contribution in [2.24, 2.45) is 5.73 Å². The van der Waals surface area contributed by atoms with E-state index in [4.69, 9.17) is 5.73 Å². The fraction of sp³-hybridized carbons (Fsp3) is 0.833. The van der Waals surface area contributed by atoms with E-state index in [1.807, 2.05) is 6.08 Å². The number of hydrogen-bond acceptors (Lipinski definition) is 1. The van der Waals surface area contributed by atoms with Gasteiger partial charge >= 0.3 is 0 Å². The Bertz CT molecular complexity index is 449. The number of amides is 1. The Morgan fingerprint density at radius 3 is 1.50 bits per heavy atom. The van der Waals surface area contributed by atoms with Crippen LogP contribution in [0, 0.1) is 0 Å². The third-order valence-corrected chi connectivity index (χ3v) is 6.14. The molecule has 2 N–H and O–H groups in total. The minimum atomic E-state index is -0.156. The van der Waals surface area contributed by atoms with Gasteiger partial charge in [-0.1, -0.05) is 110 Å². The molecule has 0 heterocycles. The lowest BCUT2D eigenvalue weighted by Gasteiger charge is -2.27. The summed E-state index contributed by atoms with van der Waals surface area (Å²) in [5, 5.41) is 0. The summed E-state index contributed by atoms with van der Waals surface area (Å²) < 4.78 is 1.07. The van der Waals surface area contributed by atoms with E-state index in [9.17, 15) is 4.79 Å². The van der Waals surface area contributed by atoms with E-state index in [1.165, 1.54) is 109 Å². The molecule has 0 radical (unpaired) electrons. The second-order valence-corrected chi connectivity index (χ2v) is 10.3. The third kappa shape index (κ3) is 36.0. The smallest absolute Gasteiger partial charge is 0.217 e. The number of quaternary nitrogens is 1. The molecule has 0 aromatic rings. The van der Waals surface area contributed by atoms with E-state index in [0.29, 0.717) is 6.42 Å². The Morgan fingerprint density at radius 2 is 1.12 bits per heavy atom. The maximum atomic E-state index is 10.6. The predicted molar refractivity (Wildman–Crippen MR) is 149 cm³/mol. The molecule has 1 amide bonds. The molecule has 0 aliphatic carbocycles. The van der Waals surface area contributed by atoms with Crippen molar-refractivity contribution in [3.8, 4) is 0 Å². The highest BCUT2D eigenvalue weighted by atomic mass is 79.9. The number of allylic oxidation sites excluding steroid dienone is 2. The number of nitrogens with zero attached hydrogens (tertiary/aromatic N) is 1. The van der Waals surface area contributed by atoms with Crippen LogP contribution in [-0.4, -0.2) is 37.6 Å². The fourth-order valence-corrected chi connectivity index (χ4v) is 4.12. The monoisotopic (exact) mass is 544 g/mol. The van der Waals surface area contributed by atoms with Gasteiger partial charge in [0.2, 0.25) is 5.91 Å². The zero-order valence-electron chi connectivity index (χ0n) is 23.6. The van der Waals surface area contributed by atoms with Gasteiger partial charge in [0.05, 0.1) is 27.2 Å². The molecule has 0 atom stereocenters. The van der Waals surface area contributed by atoms with Gasteiger partial charge in [0, 0.05) is 6.42 Å². The van der Waals surface area contributed by atoms with E-state index in [1.54, 1.807) is 0 Å². The maximum absolute atomic E-state index is 10.6. The lowest BCUT2D eigenvalue weighted by Crippen LogP contribution is -3.00. The fourth-order valence-electron chi connectivity index (χ4n) is 4.12. The molecular weight excluding hydrogens is 484 g/mol. The van der Waals surface area contributed by atoms with Gasteiger partial charge in [0.25, 0.3) is 0 Å². The van der Waals surface area contributed by atoms with Crippen LogP contribution in [0.5, 0.6) is 0 Å². The van der Waals surface area contributed by atoms with E-state index in [2.05, 4.69) is 46.7 Å². The van der Waals surface area contributed by atoms with Gasteiger partial charge in [-0.15, -0.1) is 0 Å². The van der Waals surface area contributed by atoms with Crippen LogP contribution in [0.1, 0.15) is 136 Å². The zero-order chi connectivity index (χ0) is 25.0. The van der Waals surface area contributed by atoms with Crippen LogP contribution < -0.4 is 22.7 Å². The van der Waals surface area contributed by atoms with Gasteiger partial charge in [-0.3, -0.25) is 4.79 Å². The van der Waals surface area contributed by atoms with Gasteiger partial charge < -0.3 is 27.2 Å². The minimum Gasteiger partial charge on any atom is -1.00 e. The van der Waals surface area contributed by atoms with Crippen molar-refractivity contribution in [1.82, 2.24) is 0 Å². The van der Waals surface area contributed by atoms with Gasteiger partial charge in [0.15, 0.2) is 0 Å². The van der Waals surface area contributed by atoms with Gasteiger partial charge in [0.1, 0.15) is 0 Å². The van der Waals surface area contributed by atoms with Gasteiger partial charge in [-0.25, -0.2) is 0 Å². The first-order valence-electron chi connectivity index (χ1n) is 14.3. The maximum Gasteiger partial charge on any atom is 0.217 e. The largest absolute Gasteiger partial charge is 1.00 e. The second-order valence-electron chi connectivity index (χ2n) is 10.3. The number of primary amides is 1. The average molecular weight is 546 g/mol. The van der Waals surface area contributed by atoms with Gasteiger partial charge in [-0.2, -0.15) is 0 Å². The van der Waals surface area contributed by atoms with Crippen LogP contribution in [0.2, 0.25) is 0 Å². The highest BCUT2D eigenvalue weighted by molar-refractivity contribution is 5.73. The van der Waals surface area contributed by atoms with E-state index in [0.717, 1.165) is 23.9 Å². The lowest BCUT2D eigenvalue weighted by molar-refractivity contribution is -0.884. The number of likely N-dealkylation sites (N-methyl/N-ethyl adjacent to an activating group) is 1. The average Bonchev–Trinajstić information content (AvgIpc) is 2.75. The molecule has 0 aromatic heterocycles. The number of unbranched alkanes of at least 4 members (excludes halogenated alkanes) is 15. The molecule has 204 valence electrons. The van der Waals surface area contributed by atoms with E-state index >= 15 is 0 Å². The molecule has 0 aromatic carbocycles. The molecule has 0 aliphatic heterocycles. The molecule has 0 rings (SSSR count).